The third-order valence-corrected chi connectivity index (χ3v) is 5.19. The van der Waals surface area contributed by atoms with Crippen LogP contribution in [-0.4, -0.2) is 52.4 Å². The van der Waals surface area contributed by atoms with Crippen LogP contribution in [0.15, 0.2) is 47.7 Å². The van der Waals surface area contributed by atoms with Gasteiger partial charge in [-0.05, 0) is 30.3 Å². The predicted octanol–water partition coefficient (Wildman–Crippen LogP) is 2.13. The number of rotatable bonds is 4. The average molecular weight is 419 g/mol. The summed E-state index contributed by atoms with van der Waals surface area (Å²) in [6, 6.07) is 7.65. The lowest BCUT2D eigenvalue weighted by Crippen LogP contribution is -2.47. The number of benzene rings is 1. The van der Waals surface area contributed by atoms with Crippen LogP contribution in [0.5, 0.6) is 0 Å². The fourth-order valence-electron chi connectivity index (χ4n) is 3.66. The molecule has 0 aliphatic carbocycles. The fourth-order valence-corrected chi connectivity index (χ4v) is 3.66. The van der Waals surface area contributed by atoms with Gasteiger partial charge in [0.15, 0.2) is 0 Å². The maximum Gasteiger partial charge on any atom is 0.419 e. The minimum atomic E-state index is -4.45. The molecule has 0 unspecified atom stereocenters. The quantitative estimate of drug-likeness (QED) is 0.699. The number of halogens is 3. The lowest BCUT2D eigenvalue weighted by Gasteiger charge is -2.37. The molecular formula is C20H20F3N5O2. The Morgan fingerprint density at radius 1 is 1.03 bits per heavy atom. The van der Waals surface area contributed by atoms with E-state index in [2.05, 4.69) is 9.97 Å². The van der Waals surface area contributed by atoms with Gasteiger partial charge in [0, 0.05) is 38.1 Å². The Morgan fingerprint density at radius 3 is 2.47 bits per heavy atom. The monoisotopic (exact) mass is 419 g/mol. The first kappa shape index (κ1) is 20.1. The van der Waals surface area contributed by atoms with E-state index in [1.807, 2.05) is 11.0 Å². The SMILES string of the molecule is O=c1c2ccc(N3CCN(c4ncccc4C(F)(F)F)CC3)cc2ncn1CCO. The van der Waals surface area contributed by atoms with Crippen LogP contribution >= 0.6 is 0 Å². The molecule has 3 heterocycles. The summed E-state index contributed by atoms with van der Waals surface area (Å²) in [5, 5.41) is 9.49. The molecule has 0 spiro atoms. The second-order valence-corrected chi connectivity index (χ2v) is 7.01. The van der Waals surface area contributed by atoms with Crippen molar-refractivity contribution in [2.45, 2.75) is 12.7 Å². The van der Waals surface area contributed by atoms with Crippen LogP contribution < -0.4 is 15.4 Å². The van der Waals surface area contributed by atoms with Crippen LogP contribution in [0.1, 0.15) is 5.56 Å². The van der Waals surface area contributed by atoms with Crippen molar-refractivity contribution in [3.05, 3.63) is 58.8 Å². The highest BCUT2D eigenvalue weighted by Crippen LogP contribution is 2.35. The first-order valence-electron chi connectivity index (χ1n) is 9.50. The number of hydrogen-bond acceptors (Lipinski definition) is 6. The normalized spacial score (nSPS) is 15.1. The van der Waals surface area contributed by atoms with Crippen molar-refractivity contribution in [3.63, 3.8) is 0 Å². The molecule has 7 nitrogen and oxygen atoms in total. The fraction of sp³-hybridized carbons (Fsp3) is 0.350. The number of piperazine rings is 1. The number of alkyl halides is 3. The van der Waals surface area contributed by atoms with Crippen LogP contribution in [0.2, 0.25) is 0 Å². The van der Waals surface area contributed by atoms with E-state index in [1.54, 1.807) is 17.0 Å². The summed E-state index contributed by atoms with van der Waals surface area (Å²) in [5.41, 5.74) is 0.442. The number of aliphatic hydroxyl groups excluding tert-OH is 1. The number of hydrogen-bond donors (Lipinski definition) is 1. The van der Waals surface area contributed by atoms with Crippen LogP contribution in [0.4, 0.5) is 24.7 Å². The zero-order valence-electron chi connectivity index (χ0n) is 16.0. The highest BCUT2D eigenvalue weighted by molar-refractivity contribution is 5.81. The zero-order valence-corrected chi connectivity index (χ0v) is 16.0. The average Bonchev–Trinajstić information content (AvgIpc) is 2.75. The smallest absolute Gasteiger partial charge is 0.395 e. The lowest BCUT2D eigenvalue weighted by molar-refractivity contribution is -0.137. The van der Waals surface area contributed by atoms with Gasteiger partial charge in [0.1, 0.15) is 5.82 Å². The second kappa shape index (κ2) is 7.94. The Kier molecular flexibility index (Phi) is 5.33. The molecule has 0 amide bonds. The van der Waals surface area contributed by atoms with Gasteiger partial charge in [-0.1, -0.05) is 0 Å². The first-order valence-corrected chi connectivity index (χ1v) is 9.50. The Bertz CT molecular complexity index is 1110. The van der Waals surface area contributed by atoms with E-state index in [-0.39, 0.29) is 24.5 Å². The van der Waals surface area contributed by atoms with Gasteiger partial charge >= 0.3 is 6.18 Å². The third-order valence-electron chi connectivity index (χ3n) is 5.19. The van der Waals surface area contributed by atoms with Crippen LogP contribution in [-0.2, 0) is 12.7 Å². The van der Waals surface area contributed by atoms with Gasteiger partial charge in [-0.2, -0.15) is 13.2 Å². The van der Waals surface area contributed by atoms with Crippen LogP contribution in [0, 0.1) is 0 Å². The van der Waals surface area contributed by atoms with E-state index in [0.29, 0.717) is 37.1 Å². The van der Waals surface area contributed by atoms with E-state index in [0.717, 1.165) is 11.8 Å². The third kappa shape index (κ3) is 3.82. The van der Waals surface area contributed by atoms with Gasteiger partial charge < -0.3 is 14.9 Å². The minimum Gasteiger partial charge on any atom is -0.395 e. The van der Waals surface area contributed by atoms with Crippen LogP contribution in [0.3, 0.4) is 0 Å². The van der Waals surface area contributed by atoms with Gasteiger partial charge in [-0.15, -0.1) is 0 Å². The van der Waals surface area contributed by atoms with Crippen molar-refractivity contribution in [1.82, 2.24) is 14.5 Å². The first-order chi connectivity index (χ1) is 14.4. The number of aliphatic hydroxyl groups is 1. The summed E-state index contributed by atoms with van der Waals surface area (Å²) in [6.07, 6.45) is -1.68. The summed E-state index contributed by atoms with van der Waals surface area (Å²) < 4.78 is 41.2. The molecule has 1 aliphatic rings. The molecule has 30 heavy (non-hydrogen) atoms. The van der Waals surface area contributed by atoms with Gasteiger partial charge in [-0.3, -0.25) is 9.36 Å². The lowest BCUT2D eigenvalue weighted by atomic mass is 10.1. The highest BCUT2D eigenvalue weighted by Gasteiger charge is 2.36. The second-order valence-electron chi connectivity index (χ2n) is 7.01. The Labute approximate surface area is 170 Å². The van der Waals surface area contributed by atoms with Gasteiger partial charge in [0.25, 0.3) is 5.56 Å². The van der Waals surface area contributed by atoms with E-state index in [4.69, 9.17) is 5.11 Å². The van der Waals surface area contributed by atoms with Crippen molar-refractivity contribution in [2.75, 3.05) is 42.6 Å². The van der Waals surface area contributed by atoms with Crippen molar-refractivity contribution in [2.24, 2.45) is 0 Å². The maximum absolute atomic E-state index is 13.3. The summed E-state index contributed by atoms with van der Waals surface area (Å²) in [6.45, 7) is 1.84. The molecule has 1 aliphatic heterocycles. The molecule has 1 aromatic carbocycles. The van der Waals surface area contributed by atoms with E-state index in [9.17, 15) is 18.0 Å². The van der Waals surface area contributed by atoms with Gasteiger partial charge in [0.05, 0.1) is 35.9 Å². The Morgan fingerprint density at radius 2 is 1.77 bits per heavy atom. The number of nitrogens with zero attached hydrogens (tertiary/aromatic N) is 5. The number of pyridine rings is 1. The zero-order chi connectivity index (χ0) is 21.3. The molecule has 0 bridgehead atoms. The van der Waals surface area contributed by atoms with E-state index < -0.39 is 11.7 Å². The molecule has 0 radical (unpaired) electrons. The highest BCUT2D eigenvalue weighted by atomic mass is 19.4. The number of fused-ring (bicyclic) bond motifs is 1. The molecule has 3 aromatic rings. The summed E-state index contributed by atoms with van der Waals surface area (Å²) >= 11 is 0. The van der Waals surface area contributed by atoms with Gasteiger partial charge in [-0.25, -0.2) is 9.97 Å². The number of anilines is 2. The molecule has 0 saturated carbocycles. The molecule has 0 atom stereocenters. The number of aromatic nitrogens is 3. The maximum atomic E-state index is 13.3. The largest absolute Gasteiger partial charge is 0.419 e. The Balaban J connectivity index is 1.53. The van der Waals surface area contributed by atoms with Crippen molar-refractivity contribution >= 4 is 22.4 Å². The minimum absolute atomic E-state index is 0.0470. The topological polar surface area (TPSA) is 74.5 Å². The molecule has 2 aromatic heterocycles. The van der Waals surface area contributed by atoms with Crippen LogP contribution in [0.25, 0.3) is 10.9 Å². The summed E-state index contributed by atoms with van der Waals surface area (Å²) in [4.78, 5) is 24.4. The molecule has 1 fully saturated rings. The summed E-state index contributed by atoms with van der Waals surface area (Å²) in [7, 11) is 0. The van der Waals surface area contributed by atoms with Gasteiger partial charge in [0.2, 0.25) is 0 Å². The molecule has 4 rings (SSSR count). The van der Waals surface area contributed by atoms with E-state index >= 15 is 0 Å². The summed E-state index contributed by atoms with van der Waals surface area (Å²) in [5.74, 6) is -0.0470. The molecule has 1 N–H and O–H groups in total. The molecular weight excluding hydrogens is 399 g/mol. The molecule has 1 saturated heterocycles. The van der Waals surface area contributed by atoms with Crippen molar-refractivity contribution in [3.8, 4) is 0 Å². The van der Waals surface area contributed by atoms with Crippen molar-refractivity contribution in [1.29, 1.82) is 0 Å². The molecule has 10 heteroatoms. The Hall–Kier alpha value is -3.14. The van der Waals surface area contributed by atoms with Crippen molar-refractivity contribution < 1.29 is 18.3 Å². The standard InChI is InChI=1S/C20H20F3N5O2/c21-20(22,23)16-2-1-5-24-18(16)27-8-6-26(7-9-27)14-3-4-15-17(12-14)25-13-28(10-11-29)19(15)30/h1-5,12-13,29H,6-11H2. The molecule has 158 valence electrons. The predicted molar refractivity (Wildman–Crippen MR) is 107 cm³/mol. The van der Waals surface area contributed by atoms with E-state index in [1.165, 1.54) is 23.2 Å².